The fourth-order valence-electron chi connectivity index (χ4n) is 2.55. The van der Waals surface area contributed by atoms with Crippen molar-refractivity contribution >= 4 is 5.91 Å². The number of hydrogen-bond donors (Lipinski definition) is 2. The predicted octanol–water partition coefficient (Wildman–Crippen LogP) is 2.44. The average Bonchev–Trinajstić information content (AvgIpc) is 2.56. The van der Waals surface area contributed by atoms with Crippen LogP contribution in [0.3, 0.4) is 0 Å². The first-order chi connectivity index (χ1) is 8.02. The highest BCUT2D eigenvalue weighted by Crippen LogP contribution is 2.25. The molecule has 3 nitrogen and oxygen atoms in total. The number of amides is 1. The molecule has 0 spiro atoms. The van der Waals surface area contributed by atoms with Crippen LogP contribution in [0.15, 0.2) is 0 Å². The van der Waals surface area contributed by atoms with Crippen LogP contribution in [0.2, 0.25) is 0 Å². The van der Waals surface area contributed by atoms with Crippen molar-refractivity contribution in [3.63, 3.8) is 0 Å². The Labute approximate surface area is 106 Å². The van der Waals surface area contributed by atoms with Crippen LogP contribution in [-0.4, -0.2) is 18.0 Å². The Morgan fingerprint density at radius 3 is 2.12 bits per heavy atom. The fourth-order valence-corrected chi connectivity index (χ4v) is 2.55. The van der Waals surface area contributed by atoms with Gasteiger partial charge in [-0.2, -0.15) is 0 Å². The van der Waals surface area contributed by atoms with Crippen molar-refractivity contribution in [2.45, 2.75) is 71.4 Å². The summed E-state index contributed by atoms with van der Waals surface area (Å²) in [6.45, 7) is 6.10. The molecule has 1 saturated carbocycles. The van der Waals surface area contributed by atoms with E-state index in [4.69, 9.17) is 5.73 Å². The third-order valence-corrected chi connectivity index (χ3v) is 4.00. The third-order valence-electron chi connectivity index (χ3n) is 4.00. The molecule has 100 valence electrons. The molecule has 2 atom stereocenters. The quantitative estimate of drug-likeness (QED) is 0.742. The number of rotatable bonds is 4. The number of carbonyl (C=O) groups excluding carboxylic acids is 1. The van der Waals surface area contributed by atoms with Crippen LogP contribution in [0.1, 0.15) is 59.3 Å². The zero-order valence-corrected chi connectivity index (χ0v) is 11.5. The van der Waals surface area contributed by atoms with Gasteiger partial charge in [-0.25, -0.2) is 0 Å². The predicted molar refractivity (Wildman–Crippen MR) is 71.6 cm³/mol. The molecule has 1 rings (SSSR count). The minimum atomic E-state index is -0.372. The number of hydrogen-bond acceptors (Lipinski definition) is 2. The zero-order chi connectivity index (χ0) is 12.8. The van der Waals surface area contributed by atoms with E-state index in [1.807, 2.05) is 13.8 Å². The largest absolute Gasteiger partial charge is 0.352 e. The van der Waals surface area contributed by atoms with Crippen molar-refractivity contribution in [2.24, 2.45) is 17.6 Å². The van der Waals surface area contributed by atoms with E-state index in [9.17, 15) is 4.79 Å². The van der Waals surface area contributed by atoms with Crippen molar-refractivity contribution in [2.75, 3.05) is 0 Å². The van der Waals surface area contributed by atoms with E-state index in [0.29, 0.717) is 5.92 Å². The smallest absolute Gasteiger partial charge is 0.237 e. The van der Waals surface area contributed by atoms with Gasteiger partial charge in [0.25, 0.3) is 0 Å². The van der Waals surface area contributed by atoms with Crippen LogP contribution in [0.4, 0.5) is 0 Å². The minimum absolute atomic E-state index is 0.0109. The van der Waals surface area contributed by atoms with E-state index >= 15 is 0 Å². The van der Waals surface area contributed by atoms with Crippen LogP contribution >= 0.6 is 0 Å². The molecule has 0 aromatic heterocycles. The summed E-state index contributed by atoms with van der Waals surface area (Å²) in [5.41, 5.74) is 5.86. The number of nitrogens with one attached hydrogen (secondary N) is 1. The maximum absolute atomic E-state index is 11.9. The van der Waals surface area contributed by atoms with Crippen molar-refractivity contribution in [3.05, 3.63) is 0 Å². The number of nitrogens with two attached hydrogens (primary N) is 1. The molecule has 1 amide bonds. The van der Waals surface area contributed by atoms with E-state index in [2.05, 4.69) is 12.2 Å². The van der Waals surface area contributed by atoms with Gasteiger partial charge in [0.1, 0.15) is 0 Å². The lowest BCUT2D eigenvalue weighted by Gasteiger charge is -2.26. The Balaban J connectivity index is 2.41. The average molecular weight is 240 g/mol. The summed E-state index contributed by atoms with van der Waals surface area (Å²) >= 11 is 0. The second kappa shape index (κ2) is 7.00. The molecule has 0 heterocycles. The Morgan fingerprint density at radius 2 is 1.65 bits per heavy atom. The van der Waals surface area contributed by atoms with Gasteiger partial charge in [0.05, 0.1) is 6.04 Å². The van der Waals surface area contributed by atoms with Crippen molar-refractivity contribution < 1.29 is 4.79 Å². The van der Waals surface area contributed by atoms with E-state index in [0.717, 1.165) is 0 Å². The van der Waals surface area contributed by atoms with Gasteiger partial charge in [-0.05, 0) is 31.6 Å². The minimum Gasteiger partial charge on any atom is -0.352 e. The third kappa shape index (κ3) is 4.66. The van der Waals surface area contributed by atoms with E-state index < -0.39 is 0 Å². The molecule has 17 heavy (non-hydrogen) atoms. The van der Waals surface area contributed by atoms with Crippen LogP contribution in [0.25, 0.3) is 0 Å². The van der Waals surface area contributed by atoms with E-state index in [1.54, 1.807) is 0 Å². The molecular weight excluding hydrogens is 212 g/mol. The Bertz CT molecular complexity index is 232. The highest BCUT2D eigenvalue weighted by atomic mass is 16.2. The van der Waals surface area contributed by atoms with Crippen molar-refractivity contribution in [3.8, 4) is 0 Å². The lowest BCUT2D eigenvalue weighted by molar-refractivity contribution is -0.124. The van der Waals surface area contributed by atoms with Crippen LogP contribution < -0.4 is 11.1 Å². The lowest BCUT2D eigenvalue weighted by Crippen LogP contribution is -2.48. The molecule has 0 radical (unpaired) electrons. The van der Waals surface area contributed by atoms with Gasteiger partial charge < -0.3 is 11.1 Å². The van der Waals surface area contributed by atoms with Crippen LogP contribution in [0, 0.1) is 11.8 Å². The molecule has 3 heteroatoms. The van der Waals surface area contributed by atoms with Gasteiger partial charge in [0, 0.05) is 6.04 Å². The highest BCUT2D eigenvalue weighted by Gasteiger charge is 2.23. The molecule has 0 aromatic rings. The Hall–Kier alpha value is -0.570. The molecule has 3 N–H and O–H groups in total. The Morgan fingerprint density at radius 1 is 1.12 bits per heavy atom. The van der Waals surface area contributed by atoms with Gasteiger partial charge in [-0.15, -0.1) is 0 Å². The van der Waals surface area contributed by atoms with Crippen molar-refractivity contribution in [1.29, 1.82) is 0 Å². The Kier molecular flexibility index (Phi) is 5.96. The van der Waals surface area contributed by atoms with Gasteiger partial charge in [-0.1, -0.05) is 39.5 Å². The van der Waals surface area contributed by atoms with E-state index in [1.165, 1.54) is 38.5 Å². The molecule has 1 fully saturated rings. The van der Waals surface area contributed by atoms with Gasteiger partial charge in [0.15, 0.2) is 0 Å². The molecule has 0 aliphatic heterocycles. The second-order valence-electron chi connectivity index (χ2n) is 5.82. The standard InChI is InChI=1S/C14H28N2O/c1-10(2)13(15)14(17)16-11(3)12-8-6-4-5-7-9-12/h10-13H,4-9,15H2,1-3H3,(H,16,17)/t11-,13-/m0/s1. The van der Waals surface area contributed by atoms with Crippen LogP contribution in [0.5, 0.6) is 0 Å². The maximum atomic E-state index is 11.9. The molecule has 0 aromatic carbocycles. The highest BCUT2D eigenvalue weighted by molar-refractivity contribution is 5.81. The summed E-state index contributed by atoms with van der Waals surface area (Å²) < 4.78 is 0. The summed E-state index contributed by atoms with van der Waals surface area (Å²) in [6.07, 6.45) is 7.81. The first-order valence-corrected chi connectivity index (χ1v) is 7.08. The summed E-state index contributed by atoms with van der Waals surface area (Å²) in [5.74, 6) is 0.855. The molecule has 0 unspecified atom stereocenters. The molecule has 1 aliphatic carbocycles. The maximum Gasteiger partial charge on any atom is 0.237 e. The van der Waals surface area contributed by atoms with Gasteiger partial charge in [0.2, 0.25) is 5.91 Å². The van der Waals surface area contributed by atoms with E-state index in [-0.39, 0.29) is 23.9 Å². The summed E-state index contributed by atoms with van der Waals surface area (Å²) in [4.78, 5) is 11.9. The summed E-state index contributed by atoms with van der Waals surface area (Å²) in [5, 5.41) is 3.09. The first kappa shape index (κ1) is 14.5. The fraction of sp³-hybridized carbons (Fsp3) is 0.929. The normalized spacial score (nSPS) is 21.9. The molecule has 1 aliphatic rings. The van der Waals surface area contributed by atoms with Gasteiger partial charge >= 0.3 is 0 Å². The molecular formula is C14H28N2O. The SMILES string of the molecule is CC(C)[C@H](N)C(=O)N[C@@H](C)C1CCCCCC1. The lowest BCUT2D eigenvalue weighted by atomic mass is 9.92. The van der Waals surface area contributed by atoms with Crippen molar-refractivity contribution in [1.82, 2.24) is 5.32 Å². The number of carbonyl (C=O) groups is 1. The van der Waals surface area contributed by atoms with Gasteiger partial charge in [-0.3, -0.25) is 4.79 Å². The zero-order valence-electron chi connectivity index (χ0n) is 11.5. The monoisotopic (exact) mass is 240 g/mol. The first-order valence-electron chi connectivity index (χ1n) is 7.08. The molecule has 0 saturated heterocycles. The summed E-state index contributed by atoms with van der Waals surface area (Å²) in [6, 6.07) is -0.103. The second-order valence-corrected chi connectivity index (χ2v) is 5.82. The van der Waals surface area contributed by atoms with Crippen LogP contribution in [-0.2, 0) is 4.79 Å². The topological polar surface area (TPSA) is 55.1 Å². The summed E-state index contributed by atoms with van der Waals surface area (Å²) in [7, 11) is 0. The molecule has 0 bridgehead atoms.